The molecule has 8 nitrogen and oxygen atoms in total. The smallest absolute Gasteiger partial charge is 0.257 e. The Morgan fingerprint density at radius 1 is 1.35 bits per heavy atom. The molecule has 11 heteroatoms. The summed E-state index contributed by atoms with van der Waals surface area (Å²) in [6.45, 7) is 0.373. The lowest BCUT2D eigenvalue weighted by Gasteiger charge is -2.22. The number of hydrogen-bond acceptors (Lipinski definition) is 8. The molecule has 1 aromatic carbocycles. The Morgan fingerprint density at radius 2 is 2.22 bits per heavy atom. The molecule has 0 spiro atoms. The normalized spacial score (nSPS) is 18.1. The summed E-state index contributed by atoms with van der Waals surface area (Å²) in [4.78, 5) is 14.9. The summed E-state index contributed by atoms with van der Waals surface area (Å²) in [5.41, 5.74) is 2.87. The maximum absolute atomic E-state index is 12.2. The second kappa shape index (κ2) is 5.28. The molecule has 2 aliphatic heterocycles. The predicted octanol–water partition coefficient (Wildman–Crippen LogP) is 1.40. The Bertz CT molecular complexity index is 923. The third-order valence-electron chi connectivity index (χ3n) is 3.32. The molecule has 0 bridgehead atoms. The van der Waals surface area contributed by atoms with Gasteiger partial charge in [0.05, 0.1) is 11.4 Å². The Kier molecular flexibility index (Phi) is 3.36. The molecule has 1 amide bonds. The molecule has 118 valence electrons. The van der Waals surface area contributed by atoms with Crippen LogP contribution in [0.2, 0.25) is 0 Å². The maximum atomic E-state index is 12.2. The van der Waals surface area contributed by atoms with Gasteiger partial charge in [0.2, 0.25) is 5.13 Å². The minimum absolute atomic E-state index is 0.00418. The number of rotatable bonds is 2. The molecule has 0 radical (unpaired) electrons. The summed E-state index contributed by atoms with van der Waals surface area (Å²) in [6, 6.07) is 5.23. The van der Waals surface area contributed by atoms with E-state index in [1.165, 1.54) is 28.6 Å². The summed E-state index contributed by atoms with van der Waals surface area (Å²) in [5.74, 6) is -0.292. The number of aromatic nitrogens is 2. The van der Waals surface area contributed by atoms with Crippen molar-refractivity contribution < 1.29 is 13.2 Å². The fourth-order valence-electron chi connectivity index (χ4n) is 2.27. The van der Waals surface area contributed by atoms with Crippen molar-refractivity contribution in [2.45, 2.75) is 4.90 Å². The molecule has 0 aliphatic carbocycles. The number of nitrogens with zero attached hydrogens (tertiary/aromatic N) is 4. The second-order valence-corrected chi connectivity index (χ2v) is 8.39. The highest BCUT2D eigenvalue weighted by molar-refractivity contribution is 8.15. The quantitative estimate of drug-likeness (QED) is 0.855. The van der Waals surface area contributed by atoms with Gasteiger partial charge in [-0.2, -0.15) is 0 Å². The highest BCUT2D eigenvalue weighted by Crippen LogP contribution is 2.42. The van der Waals surface area contributed by atoms with Crippen LogP contribution >= 0.6 is 23.1 Å². The zero-order chi connectivity index (χ0) is 16.0. The van der Waals surface area contributed by atoms with E-state index in [0.717, 1.165) is 10.6 Å². The minimum atomic E-state index is -3.38. The van der Waals surface area contributed by atoms with Gasteiger partial charge in [-0.3, -0.25) is 10.1 Å². The van der Waals surface area contributed by atoms with Crippen molar-refractivity contribution in [1.29, 1.82) is 0 Å². The largest absolute Gasteiger partial charge is 0.318 e. The number of carbonyl (C=O) groups excluding carboxylic acids is 1. The standard InChI is InChI=1S/C12H9N5O3S3/c18-10(14-11-15-13-6-21-11)7-1-2-8-9(5-7)22-12-16-23(19,20)4-3-17(8)12/h1-2,5-6H,3-4H2,(H,14,15,18). The third-order valence-corrected chi connectivity index (χ3v) is 6.23. The molecule has 1 aromatic heterocycles. The van der Waals surface area contributed by atoms with Crippen LogP contribution in [0.4, 0.5) is 10.8 Å². The van der Waals surface area contributed by atoms with Crippen molar-refractivity contribution in [2.24, 2.45) is 4.40 Å². The highest BCUT2D eigenvalue weighted by Gasteiger charge is 2.33. The number of carbonyl (C=O) groups is 1. The average molecular weight is 367 g/mol. The average Bonchev–Trinajstić information content (AvgIpc) is 3.11. The third kappa shape index (κ3) is 2.71. The summed E-state index contributed by atoms with van der Waals surface area (Å²) in [5, 5.41) is 11.0. The van der Waals surface area contributed by atoms with Crippen LogP contribution in [0.25, 0.3) is 0 Å². The number of nitrogens with one attached hydrogen (secondary N) is 1. The Hall–Kier alpha value is -1.98. The van der Waals surface area contributed by atoms with Crippen LogP contribution in [0, 0.1) is 0 Å². The van der Waals surface area contributed by atoms with Gasteiger partial charge in [0.1, 0.15) is 5.51 Å². The van der Waals surface area contributed by atoms with Gasteiger partial charge in [0.25, 0.3) is 15.9 Å². The van der Waals surface area contributed by atoms with E-state index in [0.29, 0.717) is 22.4 Å². The SMILES string of the molecule is O=C(Nc1nncs1)c1ccc2c(c1)SC1=NS(=O)(=O)CCN12. The first-order chi connectivity index (χ1) is 11.0. The molecule has 3 heterocycles. The van der Waals surface area contributed by atoms with Crippen molar-refractivity contribution >= 4 is 55.0 Å². The van der Waals surface area contributed by atoms with Crippen LogP contribution in [0.1, 0.15) is 10.4 Å². The van der Waals surface area contributed by atoms with Crippen molar-refractivity contribution in [1.82, 2.24) is 10.2 Å². The fourth-order valence-corrected chi connectivity index (χ4v) is 5.00. The number of amidine groups is 1. The molecule has 2 aromatic rings. The monoisotopic (exact) mass is 367 g/mol. The van der Waals surface area contributed by atoms with Crippen LogP contribution in [0.15, 0.2) is 33.0 Å². The number of anilines is 2. The van der Waals surface area contributed by atoms with Crippen LogP contribution < -0.4 is 10.2 Å². The lowest BCUT2D eigenvalue weighted by Crippen LogP contribution is -2.35. The molecular formula is C12H9N5O3S3. The minimum Gasteiger partial charge on any atom is -0.318 e. The van der Waals surface area contributed by atoms with E-state index in [2.05, 4.69) is 19.9 Å². The molecule has 0 atom stereocenters. The van der Waals surface area contributed by atoms with E-state index >= 15 is 0 Å². The summed E-state index contributed by atoms with van der Waals surface area (Å²) < 4.78 is 27.0. The van der Waals surface area contributed by atoms with Crippen molar-refractivity contribution in [3.05, 3.63) is 29.3 Å². The molecule has 2 aliphatic rings. The van der Waals surface area contributed by atoms with E-state index in [4.69, 9.17) is 0 Å². The fraction of sp³-hybridized carbons (Fsp3) is 0.167. The molecule has 0 saturated heterocycles. The number of fused-ring (bicyclic) bond motifs is 3. The first-order valence-electron chi connectivity index (χ1n) is 6.51. The zero-order valence-electron chi connectivity index (χ0n) is 11.5. The number of hydrogen-bond donors (Lipinski definition) is 1. The van der Waals surface area contributed by atoms with Gasteiger partial charge in [-0.15, -0.1) is 14.6 Å². The topological polar surface area (TPSA) is 105 Å². The lowest BCUT2D eigenvalue weighted by atomic mass is 10.2. The van der Waals surface area contributed by atoms with Gasteiger partial charge in [-0.05, 0) is 30.0 Å². The summed E-state index contributed by atoms with van der Waals surface area (Å²) >= 11 is 2.49. The van der Waals surface area contributed by atoms with E-state index in [9.17, 15) is 13.2 Å². The molecule has 0 fully saturated rings. The van der Waals surface area contributed by atoms with Gasteiger partial charge >= 0.3 is 0 Å². The van der Waals surface area contributed by atoms with Crippen LogP contribution in [0.5, 0.6) is 0 Å². The summed E-state index contributed by atoms with van der Waals surface area (Å²) in [7, 11) is -3.38. The Balaban J connectivity index is 1.63. The predicted molar refractivity (Wildman–Crippen MR) is 88.7 cm³/mol. The summed E-state index contributed by atoms with van der Waals surface area (Å²) in [6.07, 6.45) is 0. The van der Waals surface area contributed by atoms with Crippen molar-refractivity contribution in [3.8, 4) is 0 Å². The molecule has 0 unspecified atom stereocenters. The molecule has 4 rings (SSSR count). The van der Waals surface area contributed by atoms with Gasteiger partial charge in [0.15, 0.2) is 5.17 Å². The van der Waals surface area contributed by atoms with E-state index in [1.807, 2.05) is 4.90 Å². The molecule has 1 N–H and O–H groups in total. The number of thioether (sulfide) groups is 1. The van der Waals surface area contributed by atoms with Gasteiger partial charge in [-0.25, -0.2) is 8.42 Å². The number of sulfonamides is 1. The number of benzene rings is 1. The first kappa shape index (κ1) is 14.6. The van der Waals surface area contributed by atoms with Crippen LogP contribution in [-0.2, 0) is 10.0 Å². The van der Waals surface area contributed by atoms with Gasteiger partial charge in [-0.1, -0.05) is 11.3 Å². The van der Waals surface area contributed by atoms with Gasteiger partial charge in [0, 0.05) is 17.0 Å². The molecule has 23 heavy (non-hydrogen) atoms. The lowest BCUT2D eigenvalue weighted by molar-refractivity contribution is 0.102. The van der Waals surface area contributed by atoms with Crippen molar-refractivity contribution in [3.63, 3.8) is 0 Å². The van der Waals surface area contributed by atoms with Crippen LogP contribution in [0.3, 0.4) is 0 Å². The second-order valence-electron chi connectivity index (χ2n) is 4.79. The van der Waals surface area contributed by atoms with E-state index in [-0.39, 0.29) is 11.7 Å². The van der Waals surface area contributed by atoms with Crippen LogP contribution in [-0.4, -0.2) is 42.0 Å². The maximum Gasteiger partial charge on any atom is 0.257 e. The first-order valence-corrected chi connectivity index (χ1v) is 9.82. The molecular weight excluding hydrogens is 358 g/mol. The van der Waals surface area contributed by atoms with E-state index in [1.54, 1.807) is 18.2 Å². The highest BCUT2D eigenvalue weighted by atomic mass is 32.2. The van der Waals surface area contributed by atoms with Gasteiger partial charge < -0.3 is 4.90 Å². The van der Waals surface area contributed by atoms with Crippen molar-refractivity contribution in [2.75, 3.05) is 22.5 Å². The number of amides is 1. The zero-order valence-corrected chi connectivity index (χ0v) is 13.9. The molecule has 0 saturated carbocycles. The Morgan fingerprint density at radius 3 is 3.00 bits per heavy atom. The van der Waals surface area contributed by atoms with E-state index < -0.39 is 10.0 Å². The Labute approximate surface area is 139 Å².